The molecule has 2 aliphatic rings. The minimum atomic E-state index is -2.24. The van der Waals surface area contributed by atoms with Gasteiger partial charge in [0, 0.05) is 5.56 Å². The van der Waals surface area contributed by atoms with Crippen molar-refractivity contribution in [1.82, 2.24) is 0 Å². The van der Waals surface area contributed by atoms with E-state index < -0.39 is 46.2 Å². The van der Waals surface area contributed by atoms with E-state index in [0.717, 1.165) is 12.1 Å². The Morgan fingerprint density at radius 2 is 1.68 bits per heavy atom. The molecule has 6 nitrogen and oxygen atoms in total. The first kappa shape index (κ1) is 20.5. The van der Waals surface area contributed by atoms with Crippen molar-refractivity contribution in [2.24, 2.45) is 16.7 Å². The minimum absolute atomic E-state index is 0.00483. The number of ether oxygens (including phenoxy) is 2. The number of hydrogen-bond acceptors (Lipinski definition) is 6. The van der Waals surface area contributed by atoms with Gasteiger partial charge in [0.1, 0.15) is 6.10 Å². The van der Waals surface area contributed by atoms with Crippen LogP contribution in [0.25, 0.3) is 0 Å². The summed E-state index contributed by atoms with van der Waals surface area (Å²) in [4.78, 5) is 0. The van der Waals surface area contributed by atoms with Crippen molar-refractivity contribution >= 4 is 5.90 Å². The van der Waals surface area contributed by atoms with Crippen LogP contribution < -0.4 is 0 Å². The van der Waals surface area contributed by atoms with E-state index in [1.165, 1.54) is 6.07 Å². The number of benzene rings is 2. The molecule has 4 unspecified atom stereocenters. The Balaban J connectivity index is 2.07. The first-order valence-electron chi connectivity index (χ1n) is 9.57. The quantitative estimate of drug-likeness (QED) is 0.790. The van der Waals surface area contributed by atoms with Crippen LogP contribution >= 0.6 is 0 Å². The number of nitrogens with zero attached hydrogens (tertiary/aromatic N) is 3. The maximum absolute atomic E-state index is 14.1. The first-order chi connectivity index (χ1) is 14.9. The normalized spacial score (nSPS) is 30.5. The zero-order valence-electron chi connectivity index (χ0n) is 16.4. The highest BCUT2D eigenvalue weighted by Gasteiger charge is 2.80. The van der Waals surface area contributed by atoms with Crippen molar-refractivity contribution in [3.8, 4) is 18.2 Å². The van der Waals surface area contributed by atoms with Gasteiger partial charge in [0.05, 0.1) is 24.1 Å². The summed E-state index contributed by atoms with van der Waals surface area (Å²) >= 11 is 0. The molecule has 2 bridgehead atoms. The Hall–Kier alpha value is -3.80. The van der Waals surface area contributed by atoms with Gasteiger partial charge in [-0.1, -0.05) is 43.3 Å². The van der Waals surface area contributed by atoms with E-state index in [0.29, 0.717) is 5.56 Å². The third kappa shape index (κ3) is 2.33. The molecule has 0 radical (unpaired) electrons. The Labute approximate surface area is 177 Å². The molecule has 154 valence electrons. The molecule has 2 heterocycles. The molecule has 4 atom stereocenters. The first-order valence-corrected chi connectivity index (χ1v) is 9.57. The molecule has 2 saturated heterocycles. The topological polar surface area (TPSA) is 114 Å². The van der Waals surface area contributed by atoms with Gasteiger partial charge in [-0.05, 0) is 24.1 Å². The molecule has 0 spiro atoms. The summed E-state index contributed by atoms with van der Waals surface area (Å²) < 4.78 is 39.8. The average molecular weight is 418 g/mol. The molecular formula is C23H16F2N4O2. The van der Waals surface area contributed by atoms with Crippen molar-refractivity contribution in [1.29, 1.82) is 21.2 Å². The number of rotatable bonds is 3. The van der Waals surface area contributed by atoms with E-state index in [1.54, 1.807) is 37.3 Å². The second kappa shape index (κ2) is 6.87. The van der Waals surface area contributed by atoms with E-state index in [4.69, 9.17) is 14.9 Å². The standard InChI is InChI=1S/C23H16F2N4O2/c1-2-18-22(13-28)20(29)31-23(18,15-6-4-3-5-7-15)30-19(21(22,11-26)12-27)14-8-9-16(24)17(25)10-14/h3-10,18-19,29H,2H2,1H3. The van der Waals surface area contributed by atoms with Crippen LogP contribution in [0.15, 0.2) is 48.5 Å². The molecule has 2 aromatic rings. The molecule has 0 aromatic heterocycles. The average Bonchev–Trinajstić information content (AvgIpc) is 3.00. The van der Waals surface area contributed by atoms with Crippen LogP contribution in [0.4, 0.5) is 8.78 Å². The van der Waals surface area contributed by atoms with Gasteiger partial charge >= 0.3 is 0 Å². The van der Waals surface area contributed by atoms with Crippen LogP contribution in [-0.2, 0) is 15.3 Å². The van der Waals surface area contributed by atoms with Crippen LogP contribution in [0.5, 0.6) is 0 Å². The summed E-state index contributed by atoms with van der Waals surface area (Å²) in [5.41, 5.74) is -3.75. The monoisotopic (exact) mass is 418 g/mol. The predicted molar refractivity (Wildman–Crippen MR) is 103 cm³/mol. The molecule has 2 fully saturated rings. The van der Waals surface area contributed by atoms with Crippen LogP contribution in [0.2, 0.25) is 0 Å². The van der Waals surface area contributed by atoms with Gasteiger partial charge in [0.2, 0.25) is 17.1 Å². The van der Waals surface area contributed by atoms with Crippen molar-refractivity contribution in [3.63, 3.8) is 0 Å². The highest BCUT2D eigenvalue weighted by atomic mass is 19.2. The van der Waals surface area contributed by atoms with Crippen molar-refractivity contribution in [2.45, 2.75) is 25.2 Å². The number of nitriles is 3. The molecule has 4 rings (SSSR count). The minimum Gasteiger partial charge on any atom is -0.443 e. The van der Waals surface area contributed by atoms with Gasteiger partial charge in [0.25, 0.3) is 0 Å². The molecule has 8 heteroatoms. The number of nitrogens with one attached hydrogen (secondary N) is 1. The largest absolute Gasteiger partial charge is 0.443 e. The fourth-order valence-electron chi connectivity index (χ4n) is 4.88. The van der Waals surface area contributed by atoms with E-state index in [2.05, 4.69) is 0 Å². The second-order valence-electron chi connectivity index (χ2n) is 7.55. The van der Waals surface area contributed by atoms with Crippen molar-refractivity contribution in [2.75, 3.05) is 0 Å². The summed E-state index contributed by atoms with van der Waals surface area (Å²) in [7, 11) is 0. The van der Waals surface area contributed by atoms with Crippen molar-refractivity contribution in [3.05, 3.63) is 71.3 Å². The van der Waals surface area contributed by atoms with Gasteiger partial charge in [0.15, 0.2) is 17.0 Å². The zero-order valence-corrected chi connectivity index (χ0v) is 16.4. The molecule has 0 saturated carbocycles. The molecule has 0 aliphatic carbocycles. The Kier molecular flexibility index (Phi) is 4.54. The number of hydrogen-bond donors (Lipinski definition) is 1. The van der Waals surface area contributed by atoms with E-state index in [-0.39, 0.29) is 12.0 Å². The Bertz CT molecular complexity index is 1180. The molecule has 31 heavy (non-hydrogen) atoms. The smallest absolute Gasteiger partial charge is 0.244 e. The lowest BCUT2D eigenvalue weighted by Gasteiger charge is -2.49. The number of fused-ring (bicyclic) bond motifs is 2. The molecule has 1 N–H and O–H groups in total. The summed E-state index contributed by atoms with van der Waals surface area (Å²) in [5, 5.41) is 39.2. The third-order valence-electron chi connectivity index (χ3n) is 6.26. The van der Waals surface area contributed by atoms with Gasteiger partial charge in [-0.15, -0.1) is 0 Å². The highest BCUT2D eigenvalue weighted by Crippen LogP contribution is 2.69. The lowest BCUT2D eigenvalue weighted by Crippen LogP contribution is -2.58. The third-order valence-corrected chi connectivity index (χ3v) is 6.26. The van der Waals surface area contributed by atoms with Gasteiger partial charge < -0.3 is 9.47 Å². The van der Waals surface area contributed by atoms with Gasteiger partial charge in [-0.25, -0.2) is 8.78 Å². The van der Waals surface area contributed by atoms with Crippen LogP contribution in [0.1, 0.15) is 30.6 Å². The van der Waals surface area contributed by atoms with Crippen LogP contribution in [0, 0.1) is 67.8 Å². The second-order valence-corrected chi connectivity index (χ2v) is 7.55. The van der Waals surface area contributed by atoms with E-state index >= 15 is 0 Å². The molecule has 2 aromatic carbocycles. The van der Waals surface area contributed by atoms with E-state index in [1.807, 2.05) is 18.2 Å². The van der Waals surface area contributed by atoms with Gasteiger partial charge in [-0.3, -0.25) is 5.41 Å². The molecule has 2 aliphatic heterocycles. The Morgan fingerprint density at radius 1 is 1.00 bits per heavy atom. The maximum atomic E-state index is 14.1. The molecular weight excluding hydrogens is 402 g/mol. The maximum Gasteiger partial charge on any atom is 0.244 e. The van der Waals surface area contributed by atoms with E-state index in [9.17, 15) is 24.6 Å². The lowest BCUT2D eigenvalue weighted by atomic mass is 9.52. The number of halogens is 2. The fourth-order valence-corrected chi connectivity index (χ4v) is 4.88. The van der Waals surface area contributed by atoms with Crippen molar-refractivity contribution < 1.29 is 18.3 Å². The van der Waals surface area contributed by atoms with Crippen LogP contribution in [-0.4, -0.2) is 5.90 Å². The summed E-state index contributed by atoms with van der Waals surface area (Å²) in [6, 6.07) is 17.3. The summed E-state index contributed by atoms with van der Waals surface area (Å²) in [5.74, 6) is -5.38. The summed E-state index contributed by atoms with van der Waals surface area (Å²) in [6.07, 6.45) is -1.23. The van der Waals surface area contributed by atoms with Gasteiger partial charge in [-0.2, -0.15) is 15.8 Å². The SMILES string of the molecule is CCC1C2(c3ccccc3)OC(=N)C1(C#N)C(C#N)(C#N)C(c1ccc(F)c(F)c1)O2. The zero-order chi connectivity index (χ0) is 22.4. The highest BCUT2D eigenvalue weighted by molar-refractivity contribution is 5.89. The lowest BCUT2D eigenvalue weighted by molar-refractivity contribution is -0.292. The Morgan fingerprint density at radius 3 is 2.23 bits per heavy atom. The fraction of sp³-hybridized carbons (Fsp3) is 0.304. The van der Waals surface area contributed by atoms with Crippen LogP contribution in [0.3, 0.4) is 0 Å². The summed E-state index contributed by atoms with van der Waals surface area (Å²) in [6.45, 7) is 1.75. The molecule has 0 amide bonds. The predicted octanol–water partition coefficient (Wildman–Crippen LogP) is 4.47.